The summed E-state index contributed by atoms with van der Waals surface area (Å²) in [5.74, 6) is 1.81. The molecule has 0 atom stereocenters. The fourth-order valence-electron chi connectivity index (χ4n) is 3.42. The first-order valence-corrected chi connectivity index (χ1v) is 9.44. The summed E-state index contributed by atoms with van der Waals surface area (Å²) >= 11 is 6.22. The summed E-state index contributed by atoms with van der Waals surface area (Å²) in [6.07, 6.45) is 3.10. The van der Waals surface area contributed by atoms with Gasteiger partial charge in [0.2, 0.25) is 0 Å². The average Bonchev–Trinajstić information content (AvgIpc) is 3.19. The zero-order valence-corrected chi connectivity index (χ0v) is 16.8. The van der Waals surface area contributed by atoms with Gasteiger partial charge >= 0.3 is 0 Å². The molecular formula is C21H20ClN3O4. The summed E-state index contributed by atoms with van der Waals surface area (Å²) in [6.45, 7) is 1.21. The van der Waals surface area contributed by atoms with E-state index < -0.39 is 0 Å². The molecule has 0 aliphatic carbocycles. The lowest BCUT2D eigenvalue weighted by Crippen LogP contribution is -2.32. The number of H-pyrrole nitrogens is 1. The van der Waals surface area contributed by atoms with Crippen molar-refractivity contribution >= 4 is 17.5 Å². The van der Waals surface area contributed by atoms with Crippen LogP contribution in [-0.2, 0) is 6.54 Å². The normalized spacial score (nSPS) is 13.3. The SMILES string of the molecule is COc1ccc(Cl)cc1-c1cc2c(c(OC)c1)OCCN(C(=O)c1cn[nH]c1)C2. The molecule has 7 nitrogen and oxygen atoms in total. The average molecular weight is 414 g/mol. The Labute approximate surface area is 173 Å². The van der Waals surface area contributed by atoms with Crippen molar-refractivity contribution < 1.29 is 19.0 Å². The van der Waals surface area contributed by atoms with Gasteiger partial charge in [-0.1, -0.05) is 11.6 Å². The van der Waals surface area contributed by atoms with E-state index >= 15 is 0 Å². The first-order chi connectivity index (χ1) is 14.1. The van der Waals surface area contributed by atoms with E-state index in [0.717, 1.165) is 16.7 Å². The van der Waals surface area contributed by atoms with Crippen molar-refractivity contribution in [1.29, 1.82) is 0 Å². The number of benzene rings is 2. The van der Waals surface area contributed by atoms with Crippen LogP contribution in [-0.4, -0.2) is 48.4 Å². The molecule has 0 radical (unpaired) electrons. The fraction of sp³-hybridized carbons (Fsp3) is 0.238. The Kier molecular flexibility index (Phi) is 5.31. The summed E-state index contributed by atoms with van der Waals surface area (Å²) in [7, 11) is 3.21. The molecule has 3 aromatic rings. The highest BCUT2D eigenvalue weighted by Crippen LogP contribution is 2.41. The van der Waals surface area contributed by atoms with Gasteiger partial charge < -0.3 is 19.1 Å². The lowest BCUT2D eigenvalue weighted by atomic mass is 10.00. The zero-order chi connectivity index (χ0) is 20.4. The van der Waals surface area contributed by atoms with Gasteiger partial charge in [-0.15, -0.1) is 0 Å². The molecule has 1 aromatic heterocycles. The largest absolute Gasteiger partial charge is 0.496 e. The predicted molar refractivity (Wildman–Crippen MR) is 109 cm³/mol. The number of carbonyl (C=O) groups excluding carboxylic acids is 1. The maximum atomic E-state index is 12.8. The summed E-state index contributed by atoms with van der Waals surface area (Å²) in [5, 5.41) is 7.14. The molecular weight excluding hydrogens is 394 g/mol. The van der Waals surface area contributed by atoms with E-state index in [4.69, 9.17) is 25.8 Å². The number of halogens is 1. The van der Waals surface area contributed by atoms with Crippen molar-refractivity contribution in [2.75, 3.05) is 27.4 Å². The van der Waals surface area contributed by atoms with E-state index in [2.05, 4.69) is 10.2 Å². The third-order valence-corrected chi connectivity index (χ3v) is 5.06. The molecule has 1 amide bonds. The van der Waals surface area contributed by atoms with Crippen molar-refractivity contribution in [3.05, 3.63) is 58.9 Å². The molecule has 4 rings (SSSR count). The van der Waals surface area contributed by atoms with E-state index in [1.807, 2.05) is 24.3 Å². The van der Waals surface area contributed by atoms with Crippen LogP contribution in [0.15, 0.2) is 42.7 Å². The number of rotatable bonds is 4. The summed E-state index contributed by atoms with van der Waals surface area (Å²) in [6, 6.07) is 9.31. The molecule has 2 heterocycles. The number of aromatic amines is 1. The number of fused-ring (bicyclic) bond motifs is 1. The minimum absolute atomic E-state index is 0.111. The lowest BCUT2D eigenvalue weighted by molar-refractivity contribution is 0.0733. The molecule has 8 heteroatoms. The molecule has 0 spiro atoms. The molecule has 0 saturated carbocycles. The van der Waals surface area contributed by atoms with E-state index in [1.165, 1.54) is 6.20 Å². The first-order valence-electron chi connectivity index (χ1n) is 9.06. The van der Waals surface area contributed by atoms with Gasteiger partial charge in [-0.05, 0) is 35.9 Å². The molecule has 0 fully saturated rings. The number of amides is 1. The van der Waals surface area contributed by atoms with Crippen LogP contribution in [0.2, 0.25) is 5.02 Å². The highest BCUT2D eigenvalue weighted by atomic mass is 35.5. The van der Waals surface area contributed by atoms with Crippen molar-refractivity contribution in [3.8, 4) is 28.4 Å². The standard InChI is InChI=1S/C21H20ClN3O4/c1-27-18-4-3-16(22)9-17(18)13-7-14-12-25(21(26)15-10-23-24-11-15)5-6-29-20(14)19(8-13)28-2/h3-4,7-11H,5-6,12H2,1-2H3,(H,23,24). The monoisotopic (exact) mass is 413 g/mol. The maximum absolute atomic E-state index is 12.8. The summed E-state index contributed by atoms with van der Waals surface area (Å²) in [5.41, 5.74) is 3.04. The van der Waals surface area contributed by atoms with E-state index in [-0.39, 0.29) is 5.91 Å². The zero-order valence-electron chi connectivity index (χ0n) is 16.1. The topological polar surface area (TPSA) is 76.7 Å². The minimum atomic E-state index is -0.111. The smallest absolute Gasteiger partial charge is 0.257 e. The lowest BCUT2D eigenvalue weighted by Gasteiger charge is -2.20. The number of ether oxygens (including phenoxy) is 3. The predicted octanol–water partition coefficient (Wildman–Crippen LogP) is 3.78. The Morgan fingerprint density at radius 2 is 2.03 bits per heavy atom. The van der Waals surface area contributed by atoms with Crippen molar-refractivity contribution in [3.63, 3.8) is 0 Å². The van der Waals surface area contributed by atoms with Gasteiger partial charge in [-0.2, -0.15) is 5.10 Å². The molecule has 29 heavy (non-hydrogen) atoms. The van der Waals surface area contributed by atoms with E-state index in [0.29, 0.717) is 47.5 Å². The van der Waals surface area contributed by atoms with Crippen molar-refractivity contribution in [2.45, 2.75) is 6.54 Å². The molecule has 0 unspecified atom stereocenters. The number of nitrogens with one attached hydrogen (secondary N) is 1. The van der Waals surface area contributed by atoms with Crippen LogP contribution in [0.1, 0.15) is 15.9 Å². The quantitative estimate of drug-likeness (QED) is 0.704. The van der Waals surface area contributed by atoms with Crippen molar-refractivity contribution in [2.24, 2.45) is 0 Å². The van der Waals surface area contributed by atoms with Crippen LogP contribution >= 0.6 is 11.6 Å². The van der Waals surface area contributed by atoms with Crippen LogP contribution < -0.4 is 14.2 Å². The third kappa shape index (κ3) is 3.73. The second-order valence-corrected chi connectivity index (χ2v) is 7.01. The number of hydrogen-bond donors (Lipinski definition) is 1. The molecule has 1 N–H and O–H groups in total. The number of hydrogen-bond acceptors (Lipinski definition) is 5. The molecule has 2 aromatic carbocycles. The van der Waals surface area contributed by atoms with Crippen LogP contribution in [0.5, 0.6) is 17.2 Å². The van der Waals surface area contributed by atoms with Gasteiger partial charge in [0.25, 0.3) is 5.91 Å². The highest BCUT2D eigenvalue weighted by molar-refractivity contribution is 6.31. The number of nitrogens with zero attached hydrogens (tertiary/aromatic N) is 2. The third-order valence-electron chi connectivity index (χ3n) is 4.83. The number of carbonyl (C=O) groups is 1. The van der Waals surface area contributed by atoms with E-state index in [9.17, 15) is 4.79 Å². The molecule has 1 aliphatic heterocycles. The Morgan fingerprint density at radius 1 is 1.21 bits per heavy atom. The van der Waals surface area contributed by atoms with Crippen LogP contribution in [0.3, 0.4) is 0 Å². The minimum Gasteiger partial charge on any atom is -0.496 e. The van der Waals surface area contributed by atoms with Crippen LogP contribution in [0.4, 0.5) is 0 Å². The second-order valence-electron chi connectivity index (χ2n) is 6.57. The second kappa shape index (κ2) is 8.05. The Morgan fingerprint density at radius 3 is 2.76 bits per heavy atom. The number of aromatic nitrogens is 2. The van der Waals surface area contributed by atoms with Gasteiger partial charge in [0, 0.05) is 28.9 Å². The number of methoxy groups -OCH3 is 2. The fourth-order valence-corrected chi connectivity index (χ4v) is 3.59. The molecule has 0 saturated heterocycles. The molecule has 150 valence electrons. The van der Waals surface area contributed by atoms with Crippen LogP contribution in [0.25, 0.3) is 11.1 Å². The molecule has 1 aliphatic rings. The Hall–Kier alpha value is -3.19. The van der Waals surface area contributed by atoms with E-state index in [1.54, 1.807) is 31.4 Å². The Balaban J connectivity index is 1.77. The van der Waals surface area contributed by atoms with Crippen molar-refractivity contribution in [1.82, 2.24) is 15.1 Å². The van der Waals surface area contributed by atoms with Crippen LogP contribution in [0, 0.1) is 0 Å². The van der Waals surface area contributed by atoms with Gasteiger partial charge in [-0.25, -0.2) is 0 Å². The Bertz CT molecular complexity index is 1040. The highest BCUT2D eigenvalue weighted by Gasteiger charge is 2.25. The maximum Gasteiger partial charge on any atom is 0.257 e. The summed E-state index contributed by atoms with van der Waals surface area (Å²) in [4.78, 5) is 14.6. The summed E-state index contributed by atoms with van der Waals surface area (Å²) < 4.78 is 17.0. The van der Waals surface area contributed by atoms with Gasteiger partial charge in [0.1, 0.15) is 12.4 Å². The van der Waals surface area contributed by atoms with Gasteiger partial charge in [-0.3, -0.25) is 9.89 Å². The van der Waals surface area contributed by atoms with Gasteiger partial charge in [0.05, 0.1) is 32.5 Å². The molecule has 0 bridgehead atoms. The first kappa shape index (κ1) is 19.1. The van der Waals surface area contributed by atoms with Gasteiger partial charge in [0.15, 0.2) is 11.5 Å².